The zero-order valence-electron chi connectivity index (χ0n) is 11.3. The van der Waals surface area contributed by atoms with Crippen LogP contribution in [0.4, 0.5) is 0 Å². The molecule has 0 aliphatic heterocycles. The molecule has 1 aromatic heterocycles. The monoisotopic (exact) mass is 261 g/mol. The van der Waals surface area contributed by atoms with Gasteiger partial charge in [0.15, 0.2) is 0 Å². The van der Waals surface area contributed by atoms with Crippen molar-refractivity contribution in [1.29, 1.82) is 0 Å². The summed E-state index contributed by atoms with van der Waals surface area (Å²) in [4.78, 5) is 0. The van der Waals surface area contributed by atoms with Gasteiger partial charge in [-0.2, -0.15) is 0 Å². The smallest absolute Gasteiger partial charge is 0.247 e. The van der Waals surface area contributed by atoms with E-state index in [-0.39, 0.29) is 0 Å². The minimum atomic E-state index is 0.564. The van der Waals surface area contributed by atoms with Crippen LogP contribution in [0, 0.1) is 6.92 Å². The third kappa shape index (κ3) is 4.15. The van der Waals surface area contributed by atoms with E-state index >= 15 is 0 Å². The van der Waals surface area contributed by atoms with Gasteiger partial charge in [-0.3, -0.25) is 0 Å². The lowest BCUT2D eigenvalue weighted by molar-refractivity contribution is 0.194. The summed E-state index contributed by atoms with van der Waals surface area (Å²) < 4.78 is 10.6. The number of benzene rings is 1. The molecule has 1 heterocycles. The second kappa shape index (κ2) is 7.01. The molecule has 0 saturated carbocycles. The number of ether oxygens (including phenoxy) is 1. The number of aromatic nitrogens is 2. The molecule has 0 unspecified atom stereocenters. The van der Waals surface area contributed by atoms with E-state index in [2.05, 4.69) is 15.5 Å². The van der Waals surface area contributed by atoms with Crippen LogP contribution < -0.4 is 5.32 Å². The highest BCUT2D eigenvalue weighted by molar-refractivity contribution is 5.52. The molecule has 0 fully saturated rings. The van der Waals surface area contributed by atoms with Crippen molar-refractivity contribution in [1.82, 2.24) is 15.5 Å². The zero-order valence-corrected chi connectivity index (χ0v) is 11.3. The number of nitrogens with zero attached hydrogens (tertiary/aromatic N) is 2. The first-order chi connectivity index (χ1) is 9.29. The largest absolute Gasteiger partial charge is 0.419 e. The van der Waals surface area contributed by atoms with Crippen LogP contribution >= 0.6 is 0 Å². The van der Waals surface area contributed by atoms with Crippen molar-refractivity contribution >= 4 is 0 Å². The molecule has 0 atom stereocenters. The number of hydrogen-bond donors (Lipinski definition) is 1. The molecule has 2 aromatic rings. The molecule has 102 valence electrons. The summed E-state index contributed by atoms with van der Waals surface area (Å²) in [5.41, 5.74) is 2.16. The lowest BCUT2D eigenvalue weighted by atomic mass is 10.1. The van der Waals surface area contributed by atoms with Gasteiger partial charge in [0.05, 0.1) is 6.54 Å². The molecule has 0 spiro atoms. The standard InChI is InChI=1S/C14H19N3O2/c1-11-4-6-12(7-5-11)14-17-16-13(19-14)10-15-8-3-9-18-2/h4-7,15H,3,8-10H2,1-2H3. The quantitative estimate of drug-likeness (QED) is 0.774. The number of rotatable bonds is 7. The van der Waals surface area contributed by atoms with Crippen LogP contribution in [0.1, 0.15) is 17.9 Å². The van der Waals surface area contributed by atoms with Crippen molar-refractivity contribution in [2.75, 3.05) is 20.3 Å². The van der Waals surface area contributed by atoms with Gasteiger partial charge >= 0.3 is 0 Å². The Morgan fingerprint density at radius 3 is 2.74 bits per heavy atom. The van der Waals surface area contributed by atoms with Crippen LogP contribution in [-0.4, -0.2) is 30.5 Å². The maximum absolute atomic E-state index is 5.60. The van der Waals surface area contributed by atoms with Gasteiger partial charge in [-0.1, -0.05) is 17.7 Å². The second-order valence-corrected chi connectivity index (χ2v) is 4.39. The van der Waals surface area contributed by atoms with E-state index in [1.807, 2.05) is 31.2 Å². The highest BCUT2D eigenvalue weighted by atomic mass is 16.5. The molecule has 0 bridgehead atoms. The average molecular weight is 261 g/mol. The molecule has 2 rings (SSSR count). The lowest BCUT2D eigenvalue weighted by Gasteiger charge is -2.00. The Morgan fingerprint density at radius 1 is 1.21 bits per heavy atom. The maximum atomic E-state index is 5.60. The van der Waals surface area contributed by atoms with Crippen LogP contribution in [0.25, 0.3) is 11.5 Å². The zero-order chi connectivity index (χ0) is 13.5. The number of methoxy groups -OCH3 is 1. The van der Waals surface area contributed by atoms with Crippen molar-refractivity contribution < 1.29 is 9.15 Å². The van der Waals surface area contributed by atoms with Gasteiger partial charge in [-0.15, -0.1) is 10.2 Å². The third-order valence-electron chi connectivity index (χ3n) is 2.74. The van der Waals surface area contributed by atoms with E-state index in [9.17, 15) is 0 Å². The highest BCUT2D eigenvalue weighted by Crippen LogP contribution is 2.17. The van der Waals surface area contributed by atoms with E-state index in [4.69, 9.17) is 9.15 Å². The van der Waals surface area contributed by atoms with Gasteiger partial charge in [0.25, 0.3) is 0 Å². The topological polar surface area (TPSA) is 60.2 Å². The van der Waals surface area contributed by atoms with Crippen LogP contribution in [0.5, 0.6) is 0 Å². The summed E-state index contributed by atoms with van der Waals surface area (Å²) in [5.74, 6) is 1.17. The van der Waals surface area contributed by atoms with Crippen LogP contribution in [0.2, 0.25) is 0 Å². The summed E-state index contributed by atoms with van der Waals surface area (Å²) in [6.07, 6.45) is 0.968. The third-order valence-corrected chi connectivity index (χ3v) is 2.74. The molecular weight excluding hydrogens is 242 g/mol. The molecule has 1 N–H and O–H groups in total. The normalized spacial score (nSPS) is 10.8. The van der Waals surface area contributed by atoms with Gasteiger partial charge in [0.1, 0.15) is 0 Å². The van der Waals surface area contributed by atoms with Crippen LogP contribution in [-0.2, 0) is 11.3 Å². The van der Waals surface area contributed by atoms with Gasteiger partial charge in [0.2, 0.25) is 11.8 Å². The maximum Gasteiger partial charge on any atom is 0.247 e. The first kappa shape index (κ1) is 13.7. The first-order valence-corrected chi connectivity index (χ1v) is 6.38. The van der Waals surface area contributed by atoms with Gasteiger partial charge < -0.3 is 14.5 Å². The molecule has 1 aromatic carbocycles. The summed E-state index contributed by atoms with van der Waals surface area (Å²) in [6, 6.07) is 8.03. The van der Waals surface area contributed by atoms with Crippen LogP contribution in [0.15, 0.2) is 28.7 Å². The molecule has 5 heteroatoms. The summed E-state index contributed by atoms with van der Waals surface area (Å²) in [5, 5.41) is 11.3. The highest BCUT2D eigenvalue weighted by Gasteiger charge is 2.07. The Balaban J connectivity index is 1.86. The van der Waals surface area contributed by atoms with Gasteiger partial charge in [-0.25, -0.2) is 0 Å². The van der Waals surface area contributed by atoms with Crippen molar-refractivity contribution in [3.8, 4) is 11.5 Å². The second-order valence-electron chi connectivity index (χ2n) is 4.39. The molecule has 5 nitrogen and oxygen atoms in total. The Hall–Kier alpha value is -1.72. The van der Waals surface area contributed by atoms with Crippen molar-refractivity contribution in [2.24, 2.45) is 0 Å². The fourth-order valence-corrected chi connectivity index (χ4v) is 1.67. The van der Waals surface area contributed by atoms with E-state index in [0.717, 1.165) is 25.1 Å². The summed E-state index contributed by atoms with van der Waals surface area (Å²) in [6.45, 7) is 4.26. The Labute approximate surface area is 113 Å². The molecular formula is C14H19N3O2. The lowest BCUT2D eigenvalue weighted by Crippen LogP contribution is -2.16. The van der Waals surface area contributed by atoms with Crippen LogP contribution in [0.3, 0.4) is 0 Å². The average Bonchev–Trinajstić information content (AvgIpc) is 2.88. The van der Waals surface area contributed by atoms with E-state index in [0.29, 0.717) is 18.3 Å². The fourth-order valence-electron chi connectivity index (χ4n) is 1.67. The van der Waals surface area contributed by atoms with Gasteiger partial charge in [-0.05, 0) is 32.0 Å². The number of nitrogens with one attached hydrogen (secondary N) is 1. The molecule has 19 heavy (non-hydrogen) atoms. The van der Waals surface area contributed by atoms with Crippen molar-refractivity contribution in [3.05, 3.63) is 35.7 Å². The minimum Gasteiger partial charge on any atom is -0.419 e. The SMILES string of the molecule is COCCCNCc1nnc(-c2ccc(C)cc2)o1. The predicted octanol–water partition coefficient (Wildman–Crippen LogP) is 2.17. The van der Waals surface area contributed by atoms with Crippen molar-refractivity contribution in [2.45, 2.75) is 19.9 Å². The number of hydrogen-bond acceptors (Lipinski definition) is 5. The summed E-state index contributed by atoms with van der Waals surface area (Å²) >= 11 is 0. The summed E-state index contributed by atoms with van der Waals surface area (Å²) in [7, 11) is 1.70. The van der Waals surface area contributed by atoms with E-state index in [1.54, 1.807) is 7.11 Å². The minimum absolute atomic E-state index is 0.564. The Kier molecular flexibility index (Phi) is 5.06. The Bertz CT molecular complexity index is 494. The molecule has 0 aliphatic rings. The van der Waals surface area contributed by atoms with Crippen molar-refractivity contribution in [3.63, 3.8) is 0 Å². The molecule has 0 amide bonds. The molecule has 0 saturated heterocycles. The number of aryl methyl sites for hydroxylation is 1. The Morgan fingerprint density at radius 2 is 2.00 bits per heavy atom. The molecule has 0 aliphatic carbocycles. The van der Waals surface area contributed by atoms with Gasteiger partial charge in [0, 0.05) is 19.3 Å². The van der Waals surface area contributed by atoms with E-state index < -0.39 is 0 Å². The van der Waals surface area contributed by atoms with E-state index in [1.165, 1.54) is 5.56 Å². The molecule has 0 radical (unpaired) electrons. The first-order valence-electron chi connectivity index (χ1n) is 6.38. The predicted molar refractivity (Wildman–Crippen MR) is 72.7 cm³/mol. The fraction of sp³-hybridized carbons (Fsp3) is 0.429.